The first-order valence-electron chi connectivity index (χ1n) is 4.67. The molecule has 0 amide bonds. The van der Waals surface area contributed by atoms with Gasteiger partial charge in [-0.1, -0.05) is 18.2 Å². The molecule has 16 heavy (non-hydrogen) atoms. The van der Waals surface area contributed by atoms with Gasteiger partial charge >= 0.3 is 16.6 Å². The standard InChI is InChI=1S/C11H8NO2P.Al.H/c13-10-6-2-1-4-8(10)9-5-3-7-11(12-9)15-14;;/h1-7,13H;;/q;+1;/p-1. The van der Waals surface area contributed by atoms with E-state index in [1.807, 2.05) is 36.4 Å². The average molecular weight is 244 g/mol. The number of benzene rings is 1. The average Bonchev–Trinajstić information content (AvgIpc) is 2.38. The lowest BCUT2D eigenvalue weighted by Gasteiger charge is -2.09. The minimum absolute atomic E-state index is 0.0703. The van der Waals surface area contributed by atoms with Crippen molar-refractivity contribution in [3.05, 3.63) is 42.5 Å². The predicted octanol–water partition coefficient (Wildman–Crippen LogP) is 1.86. The maximum Gasteiger partial charge on any atom is 0.494 e. The quantitative estimate of drug-likeness (QED) is 0.611. The van der Waals surface area contributed by atoms with Crippen molar-refractivity contribution in [2.75, 3.05) is 0 Å². The second-order valence-corrected chi connectivity index (χ2v) is 4.04. The van der Waals surface area contributed by atoms with E-state index >= 15 is 0 Å². The first kappa shape index (κ1) is 11.3. The van der Waals surface area contributed by atoms with Gasteiger partial charge in [0.15, 0.2) is 0 Å². The lowest BCUT2D eigenvalue weighted by atomic mass is 10.1. The third-order valence-electron chi connectivity index (χ3n) is 2.15. The molecule has 0 bridgehead atoms. The third-order valence-corrected chi connectivity index (χ3v) is 2.89. The minimum Gasteiger partial charge on any atom is -0.650 e. The summed E-state index contributed by atoms with van der Waals surface area (Å²) >= 11 is 1.42. The van der Waals surface area contributed by atoms with Gasteiger partial charge in [-0.15, -0.1) is 0 Å². The fourth-order valence-corrected chi connectivity index (χ4v) is 1.98. The van der Waals surface area contributed by atoms with E-state index in [1.54, 1.807) is 6.07 Å². The summed E-state index contributed by atoms with van der Waals surface area (Å²) in [6.45, 7) is 0. The first-order valence-corrected chi connectivity index (χ1v) is 6.06. The SMILES string of the molecule is O=Pc1cccc(-c2ccccc2[O][AlH])n1. The van der Waals surface area contributed by atoms with Gasteiger partial charge < -0.3 is 3.79 Å². The van der Waals surface area contributed by atoms with E-state index in [4.69, 9.17) is 3.79 Å². The van der Waals surface area contributed by atoms with Gasteiger partial charge in [0.1, 0.15) is 5.44 Å². The number of hydrogen-bond acceptors (Lipinski definition) is 3. The molecule has 0 atom stereocenters. The molecule has 77 valence electrons. The van der Waals surface area contributed by atoms with Crippen LogP contribution in [0.3, 0.4) is 0 Å². The van der Waals surface area contributed by atoms with Gasteiger partial charge in [0.25, 0.3) is 0 Å². The number of rotatable bonds is 3. The smallest absolute Gasteiger partial charge is 0.494 e. The Labute approximate surface area is 103 Å². The van der Waals surface area contributed by atoms with Crippen LogP contribution in [0.5, 0.6) is 5.75 Å². The zero-order valence-corrected chi connectivity index (χ0v) is 10.8. The highest BCUT2D eigenvalue weighted by Gasteiger charge is 2.05. The number of aromatic nitrogens is 1. The molecule has 0 spiro atoms. The van der Waals surface area contributed by atoms with Crippen LogP contribution in [-0.2, 0) is 4.57 Å². The molecule has 0 aliphatic carbocycles. The van der Waals surface area contributed by atoms with Gasteiger partial charge in [0, 0.05) is 5.56 Å². The van der Waals surface area contributed by atoms with E-state index < -0.39 is 0 Å². The molecular formula is C11H8AlNO2P. The van der Waals surface area contributed by atoms with Gasteiger partial charge in [0.2, 0.25) is 8.46 Å². The summed E-state index contributed by atoms with van der Waals surface area (Å²) in [5.74, 6) is 0.771. The maximum atomic E-state index is 10.7. The fourth-order valence-electron chi connectivity index (χ4n) is 1.43. The number of nitrogens with zero attached hydrogens (tertiary/aromatic N) is 1. The molecular weight excluding hydrogens is 236 g/mol. The molecule has 0 saturated heterocycles. The monoisotopic (exact) mass is 244 g/mol. The van der Waals surface area contributed by atoms with Crippen molar-refractivity contribution in [2.24, 2.45) is 0 Å². The van der Waals surface area contributed by atoms with E-state index in [-0.39, 0.29) is 8.46 Å². The summed E-state index contributed by atoms with van der Waals surface area (Å²) in [4.78, 5) is 4.27. The highest BCUT2D eigenvalue weighted by Crippen LogP contribution is 2.27. The summed E-state index contributed by atoms with van der Waals surface area (Å²) in [7, 11) is -0.0703. The van der Waals surface area contributed by atoms with Gasteiger partial charge in [-0.05, 0) is 24.3 Å². The molecule has 0 aliphatic rings. The van der Waals surface area contributed by atoms with Crippen LogP contribution in [0.2, 0.25) is 0 Å². The van der Waals surface area contributed by atoms with Crippen LogP contribution >= 0.6 is 8.46 Å². The van der Waals surface area contributed by atoms with Crippen LogP contribution < -0.4 is 9.22 Å². The zero-order chi connectivity index (χ0) is 11.4. The Balaban J connectivity index is 2.53. The van der Waals surface area contributed by atoms with Gasteiger partial charge in [0.05, 0.1) is 11.4 Å². The maximum absolute atomic E-state index is 10.7. The van der Waals surface area contributed by atoms with Crippen LogP contribution in [0.4, 0.5) is 0 Å². The topological polar surface area (TPSA) is 39.2 Å². The number of para-hydroxylation sites is 1. The van der Waals surface area contributed by atoms with E-state index in [9.17, 15) is 4.57 Å². The van der Waals surface area contributed by atoms with E-state index in [1.165, 1.54) is 16.6 Å². The minimum atomic E-state index is -0.0703. The van der Waals surface area contributed by atoms with Gasteiger partial charge in [-0.3, -0.25) is 4.57 Å². The van der Waals surface area contributed by atoms with Gasteiger partial charge in [-0.25, -0.2) is 4.98 Å². The molecule has 2 rings (SSSR count). The molecule has 0 fully saturated rings. The van der Waals surface area contributed by atoms with Crippen molar-refractivity contribution in [1.29, 1.82) is 0 Å². The molecule has 0 aliphatic heterocycles. The predicted molar refractivity (Wildman–Crippen MR) is 64.7 cm³/mol. The molecule has 3 nitrogen and oxygen atoms in total. The molecule has 1 aromatic heterocycles. The zero-order valence-electron chi connectivity index (χ0n) is 8.46. The van der Waals surface area contributed by atoms with Crippen LogP contribution in [-0.4, -0.2) is 21.6 Å². The van der Waals surface area contributed by atoms with E-state index in [2.05, 4.69) is 4.98 Å². The van der Waals surface area contributed by atoms with Crippen molar-refractivity contribution in [3.8, 4) is 17.0 Å². The molecule has 0 N–H and O–H groups in total. The molecule has 0 unspecified atom stereocenters. The molecule has 0 saturated carbocycles. The lowest BCUT2D eigenvalue weighted by Crippen LogP contribution is -2.00. The van der Waals surface area contributed by atoms with Crippen molar-refractivity contribution in [1.82, 2.24) is 4.98 Å². The van der Waals surface area contributed by atoms with Gasteiger partial charge in [-0.2, -0.15) is 0 Å². The summed E-state index contributed by atoms with van der Waals surface area (Å²) in [5.41, 5.74) is 2.19. The summed E-state index contributed by atoms with van der Waals surface area (Å²) < 4.78 is 16.0. The highest BCUT2D eigenvalue weighted by atomic mass is 31.1. The fraction of sp³-hybridized carbons (Fsp3) is 0. The molecule has 5 heteroatoms. The van der Waals surface area contributed by atoms with Crippen LogP contribution in [0.1, 0.15) is 0 Å². The highest BCUT2D eigenvalue weighted by molar-refractivity contribution is 7.33. The lowest BCUT2D eigenvalue weighted by molar-refractivity contribution is 0.602. The van der Waals surface area contributed by atoms with Crippen molar-refractivity contribution < 1.29 is 8.35 Å². The van der Waals surface area contributed by atoms with Crippen LogP contribution in [0.15, 0.2) is 42.5 Å². The Kier molecular flexibility index (Phi) is 3.69. The van der Waals surface area contributed by atoms with Crippen molar-refractivity contribution >= 4 is 30.5 Å². The summed E-state index contributed by atoms with van der Waals surface area (Å²) in [6, 6.07) is 13.1. The Bertz CT molecular complexity index is 519. The summed E-state index contributed by atoms with van der Waals surface area (Å²) in [6.07, 6.45) is 0. The largest absolute Gasteiger partial charge is 0.650 e. The number of hydrogen-bond donors (Lipinski definition) is 0. The third kappa shape index (κ3) is 2.31. The Morgan fingerprint density at radius 3 is 2.69 bits per heavy atom. The molecule has 1 aromatic carbocycles. The summed E-state index contributed by atoms with van der Waals surface area (Å²) in [5, 5.41) is 0. The Morgan fingerprint density at radius 1 is 1.12 bits per heavy atom. The Hall–Kier alpha value is -1.20. The molecule has 1 heterocycles. The molecule has 2 aromatic rings. The van der Waals surface area contributed by atoms with Crippen LogP contribution in [0.25, 0.3) is 11.3 Å². The van der Waals surface area contributed by atoms with Crippen molar-refractivity contribution in [2.45, 2.75) is 0 Å². The number of pyridine rings is 1. The Morgan fingerprint density at radius 2 is 1.94 bits per heavy atom. The van der Waals surface area contributed by atoms with E-state index in [0.29, 0.717) is 5.44 Å². The second kappa shape index (κ2) is 5.23. The van der Waals surface area contributed by atoms with E-state index in [0.717, 1.165) is 17.0 Å². The second-order valence-electron chi connectivity index (χ2n) is 3.11. The van der Waals surface area contributed by atoms with Crippen molar-refractivity contribution in [3.63, 3.8) is 0 Å². The molecule has 1 radical (unpaired) electrons. The first-order chi connectivity index (χ1) is 7.85. The van der Waals surface area contributed by atoms with Crippen LogP contribution in [0, 0.1) is 0 Å². The normalized spacial score (nSPS) is 10.2.